The zero-order chi connectivity index (χ0) is 17.7. The van der Waals surface area contributed by atoms with Crippen molar-refractivity contribution < 1.29 is 21.9 Å². The topological polar surface area (TPSA) is 46.6 Å². The number of sulfone groups is 1. The Morgan fingerprint density at radius 3 is 2.38 bits per heavy atom. The average Bonchev–Trinajstić information content (AvgIpc) is 2.56. The van der Waals surface area contributed by atoms with E-state index in [9.17, 15) is 17.2 Å². The third kappa shape index (κ3) is 4.03. The van der Waals surface area contributed by atoms with Gasteiger partial charge in [0.2, 0.25) is 9.84 Å². The molecular formula is C17H19F2NO3S. The SMILES string of the molecule is Cc1ccccc1OCCN(C)c1ccccc1S(=O)(=O)C(F)F. The van der Waals surface area contributed by atoms with Crippen LogP contribution in [0.15, 0.2) is 53.4 Å². The van der Waals surface area contributed by atoms with Crippen LogP contribution in [0.4, 0.5) is 14.5 Å². The van der Waals surface area contributed by atoms with Gasteiger partial charge in [0.15, 0.2) is 0 Å². The number of anilines is 1. The van der Waals surface area contributed by atoms with Gasteiger partial charge in [-0.3, -0.25) is 0 Å². The Kier molecular flexibility index (Phi) is 5.77. The maximum Gasteiger partial charge on any atom is 0.341 e. The van der Waals surface area contributed by atoms with Crippen LogP contribution in [-0.4, -0.2) is 34.4 Å². The second-order valence-electron chi connectivity index (χ2n) is 5.31. The number of hydrogen-bond acceptors (Lipinski definition) is 4. The highest BCUT2D eigenvalue weighted by Crippen LogP contribution is 2.28. The fourth-order valence-corrected chi connectivity index (χ4v) is 3.22. The molecule has 0 aliphatic heterocycles. The third-order valence-electron chi connectivity index (χ3n) is 3.60. The minimum absolute atomic E-state index is 0.228. The summed E-state index contributed by atoms with van der Waals surface area (Å²) >= 11 is 0. The van der Waals surface area contributed by atoms with Gasteiger partial charge in [-0.2, -0.15) is 8.78 Å². The molecule has 0 fully saturated rings. The summed E-state index contributed by atoms with van der Waals surface area (Å²) in [7, 11) is -3.01. The van der Waals surface area contributed by atoms with E-state index >= 15 is 0 Å². The molecule has 4 nitrogen and oxygen atoms in total. The van der Waals surface area contributed by atoms with Crippen LogP contribution in [0.25, 0.3) is 0 Å². The second kappa shape index (κ2) is 7.61. The molecule has 2 rings (SSSR count). The Balaban J connectivity index is 2.11. The molecule has 0 aliphatic rings. The molecule has 130 valence electrons. The highest BCUT2D eigenvalue weighted by Gasteiger charge is 2.29. The van der Waals surface area contributed by atoms with Crippen LogP contribution in [0.1, 0.15) is 5.56 Å². The van der Waals surface area contributed by atoms with Crippen LogP contribution in [0.3, 0.4) is 0 Å². The number of alkyl halides is 2. The summed E-state index contributed by atoms with van der Waals surface area (Å²) in [5.74, 6) is -2.71. The minimum Gasteiger partial charge on any atom is -0.491 e. The van der Waals surface area contributed by atoms with Crippen molar-refractivity contribution in [2.75, 3.05) is 25.1 Å². The van der Waals surface area contributed by atoms with Crippen molar-refractivity contribution in [2.24, 2.45) is 0 Å². The fourth-order valence-electron chi connectivity index (χ4n) is 2.24. The number of rotatable bonds is 7. The van der Waals surface area contributed by atoms with Crippen molar-refractivity contribution in [1.82, 2.24) is 0 Å². The molecule has 24 heavy (non-hydrogen) atoms. The first-order chi connectivity index (χ1) is 11.3. The van der Waals surface area contributed by atoms with E-state index in [1.54, 1.807) is 18.0 Å². The van der Waals surface area contributed by atoms with Gasteiger partial charge < -0.3 is 9.64 Å². The normalized spacial score (nSPS) is 11.5. The van der Waals surface area contributed by atoms with Crippen LogP contribution < -0.4 is 9.64 Å². The van der Waals surface area contributed by atoms with Gasteiger partial charge in [0.25, 0.3) is 0 Å². The summed E-state index contributed by atoms with van der Waals surface area (Å²) in [6.45, 7) is 2.57. The molecule has 0 spiro atoms. The predicted octanol–water partition coefficient (Wildman–Crippen LogP) is 3.51. The number of halogens is 2. The van der Waals surface area contributed by atoms with Crippen LogP contribution in [0.2, 0.25) is 0 Å². The van der Waals surface area contributed by atoms with Crippen molar-refractivity contribution in [3.05, 3.63) is 54.1 Å². The lowest BCUT2D eigenvalue weighted by atomic mass is 10.2. The molecule has 2 aromatic carbocycles. The highest BCUT2D eigenvalue weighted by molar-refractivity contribution is 7.91. The van der Waals surface area contributed by atoms with Crippen LogP contribution in [0, 0.1) is 6.92 Å². The number of aryl methyl sites for hydroxylation is 1. The number of nitrogens with zero attached hydrogens (tertiary/aromatic N) is 1. The van der Waals surface area contributed by atoms with Gasteiger partial charge in [0.05, 0.1) is 17.1 Å². The van der Waals surface area contributed by atoms with Crippen molar-refractivity contribution in [3.8, 4) is 5.75 Å². The van der Waals surface area contributed by atoms with Crippen molar-refractivity contribution in [2.45, 2.75) is 17.6 Å². The van der Waals surface area contributed by atoms with E-state index in [1.807, 2.05) is 31.2 Å². The fraction of sp³-hybridized carbons (Fsp3) is 0.294. The molecule has 0 aliphatic carbocycles. The van der Waals surface area contributed by atoms with E-state index in [4.69, 9.17) is 4.74 Å². The maximum absolute atomic E-state index is 12.8. The lowest BCUT2D eigenvalue weighted by molar-refractivity contribution is 0.235. The first kappa shape index (κ1) is 18.2. The van der Waals surface area contributed by atoms with Crippen molar-refractivity contribution in [1.29, 1.82) is 0 Å². The lowest BCUT2D eigenvalue weighted by Crippen LogP contribution is -2.26. The van der Waals surface area contributed by atoms with Gasteiger partial charge in [-0.15, -0.1) is 0 Å². The summed E-state index contributed by atoms with van der Waals surface area (Å²) in [6, 6.07) is 13.2. The molecule has 2 aromatic rings. The number of hydrogen-bond donors (Lipinski definition) is 0. The predicted molar refractivity (Wildman–Crippen MR) is 89.6 cm³/mol. The molecule has 0 bridgehead atoms. The van der Waals surface area contributed by atoms with Gasteiger partial charge in [0.1, 0.15) is 12.4 Å². The zero-order valence-electron chi connectivity index (χ0n) is 13.4. The summed E-state index contributed by atoms with van der Waals surface area (Å²) in [6.07, 6.45) is 0. The standard InChI is InChI=1S/C17H19F2NO3S/c1-13-7-3-5-9-15(13)23-12-11-20(2)14-8-4-6-10-16(14)24(21,22)17(18)19/h3-10,17H,11-12H2,1-2H3. The summed E-state index contributed by atoms with van der Waals surface area (Å²) < 4.78 is 54.9. The van der Waals surface area contributed by atoms with Gasteiger partial charge in [-0.1, -0.05) is 30.3 Å². The molecule has 0 atom stereocenters. The van der Waals surface area contributed by atoms with Gasteiger partial charge >= 0.3 is 5.76 Å². The number of para-hydroxylation sites is 2. The zero-order valence-corrected chi connectivity index (χ0v) is 14.3. The number of likely N-dealkylation sites (N-methyl/N-ethyl adjacent to an activating group) is 1. The molecule has 7 heteroatoms. The van der Waals surface area contributed by atoms with Crippen molar-refractivity contribution in [3.63, 3.8) is 0 Å². The lowest BCUT2D eigenvalue weighted by Gasteiger charge is -2.22. The third-order valence-corrected chi connectivity index (χ3v) is 5.02. The molecule has 0 amide bonds. The summed E-state index contributed by atoms with van der Waals surface area (Å²) in [4.78, 5) is 1.21. The van der Waals surface area contributed by atoms with E-state index in [0.29, 0.717) is 13.2 Å². The Bertz CT molecular complexity index is 794. The molecule has 0 saturated carbocycles. The largest absolute Gasteiger partial charge is 0.491 e. The Hall–Kier alpha value is -2.15. The molecule has 0 unspecified atom stereocenters. The Labute approximate surface area is 140 Å². The van der Waals surface area contributed by atoms with Crippen molar-refractivity contribution >= 4 is 15.5 Å². The molecule has 0 aromatic heterocycles. The van der Waals surface area contributed by atoms with Gasteiger partial charge in [-0.25, -0.2) is 8.42 Å². The van der Waals surface area contributed by atoms with Gasteiger partial charge in [-0.05, 0) is 30.7 Å². The average molecular weight is 355 g/mol. The number of benzene rings is 2. The van der Waals surface area contributed by atoms with Gasteiger partial charge in [0, 0.05) is 7.05 Å². The first-order valence-electron chi connectivity index (χ1n) is 7.34. The summed E-state index contributed by atoms with van der Waals surface area (Å²) in [5, 5.41) is 0. The first-order valence-corrected chi connectivity index (χ1v) is 8.89. The molecule has 0 heterocycles. The van der Waals surface area contributed by atoms with E-state index in [2.05, 4.69) is 0 Å². The molecule has 0 radical (unpaired) electrons. The van der Waals surface area contributed by atoms with Crippen LogP contribution in [-0.2, 0) is 9.84 Å². The van der Waals surface area contributed by atoms with Crippen LogP contribution >= 0.6 is 0 Å². The van der Waals surface area contributed by atoms with E-state index < -0.39 is 15.6 Å². The maximum atomic E-state index is 12.8. The molecular weight excluding hydrogens is 336 g/mol. The van der Waals surface area contributed by atoms with E-state index in [0.717, 1.165) is 11.3 Å². The highest BCUT2D eigenvalue weighted by atomic mass is 32.2. The smallest absolute Gasteiger partial charge is 0.341 e. The van der Waals surface area contributed by atoms with Crippen LogP contribution in [0.5, 0.6) is 5.75 Å². The molecule has 0 saturated heterocycles. The minimum atomic E-state index is -4.65. The molecule has 0 N–H and O–H groups in total. The second-order valence-corrected chi connectivity index (χ2v) is 7.20. The number of ether oxygens (including phenoxy) is 1. The Morgan fingerprint density at radius 2 is 1.71 bits per heavy atom. The monoisotopic (exact) mass is 355 g/mol. The van der Waals surface area contributed by atoms with E-state index in [-0.39, 0.29) is 10.6 Å². The van der Waals surface area contributed by atoms with E-state index in [1.165, 1.54) is 18.2 Å². The Morgan fingerprint density at radius 1 is 1.08 bits per heavy atom. The summed E-state index contributed by atoms with van der Waals surface area (Å²) in [5.41, 5.74) is 1.21. The quantitative estimate of drug-likeness (QED) is 0.763.